The van der Waals surface area contributed by atoms with E-state index in [-0.39, 0.29) is 0 Å². The number of thiazole rings is 1. The first kappa shape index (κ1) is 23.6. The molecule has 0 spiro atoms. The Morgan fingerprint density at radius 1 is 1.09 bits per heavy atom. The lowest BCUT2D eigenvalue weighted by Crippen LogP contribution is -2.28. The smallest absolute Gasteiger partial charge is 0.337 e. The van der Waals surface area contributed by atoms with Crippen LogP contribution in [0.25, 0.3) is 31.9 Å². The van der Waals surface area contributed by atoms with Gasteiger partial charge in [-0.3, -0.25) is 0 Å². The van der Waals surface area contributed by atoms with Crippen LogP contribution in [-0.2, 0) is 9.53 Å². The lowest BCUT2D eigenvalue weighted by Gasteiger charge is -2.28. The van der Waals surface area contributed by atoms with Gasteiger partial charge in [0.2, 0.25) is 0 Å². The summed E-state index contributed by atoms with van der Waals surface area (Å²) in [5, 5.41) is 11.9. The highest BCUT2D eigenvalue weighted by Crippen LogP contribution is 2.44. The van der Waals surface area contributed by atoms with Crippen molar-refractivity contribution in [2.24, 2.45) is 0 Å². The molecule has 0 unspecified atom stereocenters. The molecule has 4 aromatic rings. The molecule has 0 aliphatic heterocycles. The summed E-state index contributed by atoms with van der Waals surface area (Å²) in [6.07, 6.45) is 0.485. The summed E-state index contributed by atoms with van der Waals surface area (Å²) in [6.45, 7) is 7.42. The van der Waals surface area contributed by atoms with Gasteiger partial charge in [0, 0.05) is 27.9 Å². The summed E-state index contributed by atoms with van der Waals surface area (Å²) in [7, 11) is 0. The van der Waals surface area contributed by atoms with Gasteiger partial charge >= 0.3 is 5.97 Å². The van der Waals surface area contributed by atoms with E-state index in [0.29, 0.717) is 15.7 Å². The van der Waals surface area contributed by atoms with Crippen LogP contribution in [0.5, 0.6) is 0 Å². The second-order valence-corrected chi connectivity index (χ2v) is 10.5. The topological polar surface area (TPSA) is 72.3 Å². The molecule has 1 atom stereocenters. The Morgan fingerprint density at radius 3 is 2.39 bits per heavy atom. The number of halogens is 2. The number of aryl methyl sites for hydroxylation is 1. The van der Waals surface area contributed by atoms with Gasteiger partial charge in [0.1, 0.15) is 10.2 Å². The fraction of sp³-hybridized carbons (Fsp3) is 0.240. The minimum absolute atomic E-state index is 0.381. The Kier molecular flexibility index (Phi) is 6.47. The summed E-state index contributed by atoms with van der Waals surface area (Å²) >= 11 is 13.7. The molecule has 0 saturated carbocycles. The molecule has 170 valence electrons. The van der Waals surface area contributed by atoms with Crippen molar-refractivity contribution < 1.29 is 14.6 Å². The maximum absolute atomic E-state index is 12.4. The Labute approximate surface area is 206 Å². The minimum atomic E-state index is -1.15. The number of benzene rings is 2. The minimum Gasteiger partial charge on any atom is -0.479 e. The summed E-state index contributed by atoms with van der Waals surface area (Å²) in [4.78, 5) is 21.3. The lowest BCUT2D eigenvalue weighted by atomic mass is 9.91. The first-order chi connectivity index (χ1) is 15.5. The number of carbonyl (C=O) groups is 1. The van der Waals surface area contributed by atoms with Crippen LogP contribution in [0.1, 0.15) is 38.0 Å². The number of carboxylic acids is 1. The molecule has 8 heteroatoms. The molecular weight excluding hydrogens is 479 g/mol. The number of aromatic nitrogens is 2. The third-order valence-corrected chi connectivity index (χ3v) is 6.59. The highest BCUT2D eigenvalue weighted by molar-refractivity contribution is 7.22. The van der Waals surface area contributed by atoms with Crippen LogP contribution in [0, 0.1) is 6.92 Å². The Balaban J connectivity index is 2.04. The van der Waals surface area contributed by atoms with Crippen molar-refractivity contribution in [2.45, 2.75) is 39.4 Å². The van der Waals surface area contributed by atoms with E-state index in [2.05, 4.69) is 4.98 Å². The van der Waals surface area contributed by atoms with E-state index < -0.39 is 17.7 Å². The van der Waals surface area contributed by atoms with Crippen molar-refractivity contribution in [1.29, 1.82) is 0 Å². The normalized spacial score (nSPS) is 12.8. The Hall–Kier alpha value is -2.51. The molecule has 0 amide bonds. The van der Waals surface area contributed by atoms with E-state index in [1.54, 1.807) is 24.4 Å². The zero-order chi connectivity index (χ0) is 23.9. The highest BCUT2D eigenvalue weighted by Gasteiger charge is 2.32. The van der Waals surface area contributed by atoms with Gasteiger partial charge in [0.15, 0.2) is 6.10 Å². The molecule has 0 bridgehead atoms. The average molecular weight is 501 g/mol. The van der Waals surface area contributed by atoms with Gasteiger partial charge in [0.05, 0.1) is 15.8 Å². The van der Waals surface area contributed by atoms with Gasteiger partial charge in [-0.05, 0) is 69.2 Å². The molecule has 4 rings (SSSR count). The average Bonchev–Trinajstić information content (AvgIpc) is 3.15. The van der Waals surface area contributed by atoms with Crippen molar-refractivity contribution in [1.82, 2.24) is 9.97 Å². The molecule has 1 N–H and O–H groups in total. The monoisotopic (exact) mass is 500 g/mol. The van der Waals surface area contributed by atoms with Crippen molar-refractivity contribution in [2.75, 3.05) is 0 Å². The molecule has 0 aliphatic rings. The summed E-state index contributed by atoms with van der Waals surface area (Å²) in [5.41, 5.74) is 3.97. The van der Waals surface area contributed by atoms with Gasteiger partial charge in [-0.25, -0.2) is 14.8 Å². The number of rotatable bonds is 5. The van der Waals surface area contributed by atoms with E-state index in [1.807, 2.05) is 52.0 Å². The molecule has 2 aromatic carbocycles. The number of fused-ring (bicyclic) bond motifs is 1. The quantitative estimate of drug-likeness (QED) is 0.286. The lowest BCUT2D eigenvalue weighted by molar-refractivity contribution is -0.160. The van der Waals surface area contributed by atoms with Crippen LogP contribution in [0.4, 0.5) is 0 Å². The number of aliphatic carboxylic acids is 1. The van der Waals surface area contributed by atoms with E-state index in [9.17, 15) is 9.90 Å². The fourth-order valence-corrected chi connectivity index (χ4v) is 5.12. The van der Waals surface area contributed by atoms with Gasteiger partial charge in [0.25, 0.3) is 0 Å². The predicted octanol–water partition coefficient (Wildman–Crippen LogP) is 7.58. The zero-order valence-electron chi connectivity index (χ0n) is 18.5. The third kappa shape index (κ3) is 5.04. The molecule has 33 heavy (non-hydrogen) atoms. The van der Waals surface area contributed by atoms with Gasteiger partial charge in [-0.2, -0.15) is 0 Å². The number of nitrogens with zero attached hydrogens (tertiary/aromatic N) is 2. The van der Waals surface area contributed by atoms with Crippen LogP contribution in [0.15, 0.2) is 48.7 Å². The predicted molar refractivity (Wildman–Crippen MR) is 134 cm³/mol. The third-order valence-electron chi connectivity index (χ3n) is 4.99. The van der Waals surface area contributed by atoms with E-state index >= 15 is 0 Å². The number of ether oxygens (including phenoxy) is 1. The standard InChI is InChI=1S/C25H22Cl2N2O3S/c1-13-11-17-22(33-23(29-17)15-9-10-28-18(27)12-15)20(14-5-7-16(26)8-6-14)19(13)21(24(30)31)32-25(2,3)4/h5-12,21H,1-4H3,(H,30,31)/t21-/m0/s1. The van der Waals surface area contributed by atoms with E-state index in [4.69, 9.17) is 32.9 Å². The van der Waals surface area contributed by atoms with Crippen LogP contribution < -0.4 is 0 Å². The van der Waals surface area contributed by atoms with Crippen LogP contribution in [-0.4, -0.2) is 26.6 Å². The maximum Gasteiger partial charge on any atom is 0.337 e. The molecule has 0 radical (unpaired) electrons. The number of hydrogen-bond acceptors (Lipinski definition) is 5. The summed E-state index contributed by atoms with van der Waals surface area (Å²) in [6, 6.07) is 12.9. The van der Waals surface area contributed by atoms with Crippen LogP contribution >= 0.6 is 34.5 Å². The van der Waals surface area contributed by atoms with Crippen molar-refractivity contribution in [3.8, 4) is 21.7 Å². The maximum atomic E-state index is 12.4. The molecule has 0 fully saturated rings. The van der Waals surface area contributed by atoms with E-state index in [1.165, 1.54) is 11.3 Å². The first-order valence-corrected chi connectivity index (χ1v) is 11.8. The van der Waals surface area contributed by atoms with E-state index in [0.717, 1.165) is 37.5 Å². The number of hydrogen-bond donors (Lipinski definition) is 1. The molecule has 5 nitrogen and oxygen atoms in total. The molecule has 0 aliphatic carbocycles. The van der Waals surface area contributed by atoms with Crippen molar-refractivity contribution in [3.05, 3.63) is 70.0 Å². The number of pyridine rings is 1. The summed E-state index contributed by atoms with van der Waals surface area (Å²) in [5.74, 6) is -1.05. The fourth-order valence-electron chi connectivity index (χ4n) is 3.70. The first-order valence-electron chi connectivity index (χ1n) is 10.3. The molecule has 2 aromatic heterocycles. The molecule has 2 heterocycles. The van der Waals surface area contributed by atoms with Gasteiger partial charge in [-0.1, -0.05) is 35.3 Å². The Bertz CT molecular complexity index is 1340. The largest absolute Gasteiger partial charge is 0.479 e. The number of carboxylic acid groups (broad SMARTS) is 1. The summed E-state index contributed by atoms with van der Waals surface area (Å²) < 4.78 is 6.91. The van der Waals surface area contributed by atoms with Gasteiger partial charge in [-0.15, -0.1) is 11.3 Å². The second-order valence-electron chi connectivity index (χ2n) is 8.67. The van der Waals surface area contributed by atoms with Crippen LogP contribution in [0.3, 0.4) is 0 Å². The van der Waals surface area contributed by atoms with Crippen LogP contribution in [0.2, 0.25) is 10.2 Å². The highest BCUT2D eigenvalue weighted by atomic mass is 35.5. The zero-order valence-corrected chi connectivity index (χ0v) is 20.8. The van der Waals surface area contributed by atoms with Gasteiger partial charge < -0.3 is 9.84 Å². The Morgan fingerprint density at radius 2 is 1.79 bits per heavy atom. The van der Waals surface area contributed by atoms with Crippen molar-refractivity contribution in [3.63, 3.8) is 0 Å². The molecule has 0 saturated heterocycles. The molecular formula is C25H22Cl2N2O3S. The second kappa shape index (κ2) is 9.03. The van der Waals surface area contributed by atoms with Crippen molar-refractivity contribution >= 4 is 50.7 Å². The SMILES string of the molecule is Cc1cc2nc(-c3ccnc(Cl)c3)sc2c(-c2ccc(Cl)cc2)c1[C@H](OC(C)(C)C)C(=O)O.